The van der Waals surface area contributed by atoms with Crippen molar-refractivity contribution in [3.63, 3.8) is 0 Å². The largest absolute Gasteiger partial charge is 0.455 e. The maximum absolute atomic E-state index is 15.1. The first-order valence-corrected chi connectivity index (χ1v) is 19.9. The van der Waals surface area contributed by atoms with Gasteiger partial charge < -0.3 is 44.3 Å². The molecule has 15 nitrogen and oxygen atoms in total. The second-order valence-corrected chi connectivity index (χ2v) is 16.8. The Hall–Kier alpha value is -4.96. The molecule has 2 aromatic rings. The molecule has 4 aliphatic rings. The number of hydrogen-bond acceptors (Lipinski definition) is 14. The van der Waals surface area contributed by atoms with Gasteiger partial charge in [0.1, 0.15) is 23.9 Å². The van der Waals surface area contributed by atoms with Crippen LogP contribution in [0.4, 0.5) is 0 Å². The van der Waals surface area contributed by atoms with Crippen LogP contribution in [0.1, 0.15) is 96.1 Å². The molecule has 0 radical (unpaired) electrons. The summed E-state index contributed by atoms with van der Waals surface area (Å²) in [6, 6.07) is 15.3. The van der Waals surface area contributed by atoms with Crippen LogP contribution in [-0.2, 0) is 47.7 Å². The second kappa shape index (κ2) is 16.2. The number of carbonyl (C=O) groups excluding carboxylic acids is 6. The van der Waals surface area contributed by atoms with E-state index in [9.17, 15) is 39.3 Å². The molecular formula is C44H53NO14. The lowest BCUT2D eigenvalue weighted by atomic mass is 9.44. The van der Waals surface area contributed by atoms with E-state index in [0.717, 1.165) is 13.8 Å². The average molecular weight is 820 g/mol. The quantitative estimate of drug-likeness (QED) is 0.145. The number of esters is 4. The Kier molecular flexibility index (Phi) is 12.0. The number of nitrogens with one attached hydrogen (secondary N) is 1. The monoisotopic (exact) mass is 819 g/mol. The maximum Gasteiger partial charge on any atom is 0.350 e. The van der Waals surface area contributed by atoms with Crippen LogP contribution in [0.3, 0.4) is 0 Å². The minimum absolute atomic E-state index is 0.0141. The number of Topliss-reactive ketones (excluding diaryl/α,β-unsaturated/α-hetero) is 1. The van der Waals surface area contributed by atoms with Gasteiger partial charge in [0.2, 0.25) is 6.10 Å². The smallest absolute Gasteiger partial charge is 0.350 e. The first-order valence-electron chi connectivity index (χ1n) is 19.9. The van der Waals surface area contributed by atoms with Crippen LogP contribution in [0.15, 0.2) is 71.8 Å². The number of rotatable bonds is 11. The van der Waals surface area contributed by atoms with Gasteiger partial charge in [-0.25, -0.2) is 4.79 Å². The average Bonchev–Trinajstić information content (AvgIpc) is 3.18. The molecule has 1 heterocycles. The zero-order valence-corrected chi connectivity index (χ0v) is 34.3. The van der Waals surface area contributed by atoms with Gasteiger partial charge in [0, 0.05) is 50.0 Å². The minimum Gasteiger partial charge on any atom is -0.455 e. The Bertz CT molecular complexity index is 2020. The van der Waals surface area contributed by atoms with Crippen molar-refractivity contribution in [1.82, 2.24) is 5.32 Å². The van der Waals surface area contributed by atoms with Gasteiger partial charge in [-0.2, -0.15) is 0 Å². The zero-order valence-electron chi connectivity index (χ0n) is 34.3. The fourth-order valence-corrected chi connectivity index (χ4v) is 9.81. The predicted molar refractivity (Wildman–Crippen MR) is 207 cm³/mol. The summed E-state index contributed by atoms with van der Waals surface area (Å²) in [5.41, 5.74) is -6.77. The fourth-order valence-electron chi connectivity index (χ4n) is 9.81. The molecule has 11 atom stereocenters. The van der Waals surface area contributed by atoms with Crippen LogP contribution in [-0.4, -0.2) is 105 Å². The van der Waals surface area contributed by atoms with Crippen molar-refractivity contribution in [2.45, 2.75) is 128 Å². The van der Waals surface area contributed by atoms with E-state index in [-0.39, 0.29) is 36.2 Å². The first-order chi connectivity index (χ1) is 27.7. The first kappa shape index (κ1) is 43.6. The van der Waals surface area contributed by atoms with Crippen LogP contribution in [0.2, 0.25) is 0 Å². The molecule has 2 saturated carbocycles. The highest BCUT2D eigenvalue weighted by molar-refractivity contribution is 5.96. The maximum atomic E-state index is 15.1. The van der Waals surface area contributed by atoms with Crippen molar-refractivity contribution >= 4 is 35.6 Å². The van der Waals surface area contributed by atoms with E-state index in [4.69, 9.17) is 23.7 Å². The third-order valence-electron chi connectivity index (χ3n) is 13.0. The van der Waals surface area contributed by atoms with Gasteiger partial charge in [0.25, 0.3) is 5.91 Å². The Morgan fingerprint density at radius 3 is 2.12 bits per heavy atom. The summed E-state index contributed by atoms with van der Waals surface area (Å²) >= 11 is 0. The van der Waals surface area contributed by atoms with E-state index in [1.54, 1.807) is 81.4 Å². The molecule has 0 aromatic heterocycles. The number of ketones is 1. The van der Waals surface area contributed by atoms with Crippen molar-refractivity contribution in [2.75, 3.05) is 6.61 Å². The van der Waals surface area contributed by atoms with Crippen LogP contribution >= 0.6 is 0 Å². The SMILES string of the molecule is CCCC(=O)O[C@@H](C(=O)O[C@H]1C[C@@]2(O)[C@@H](O)[C@@H]3C4(OC(C)=O)CO[C@@H]4C[C@H](O)[C@@]3(C)C(=O)[C@H](OC(C)=O)C(=C1C)C2(C)C)[C@@H](NC(=O)c1ccccc1)c1ccccc1. The van der Waals surface area contributed by atoms with Crippen LogP contribution in [0.25, 0.3) is 0 Å². The van der Waals surface area contributed by atoms with Crippen LogP contribution in [0, 0.1) is 16.7 Å². The van der Waals surface area contributed by atoms with Crippen molar-refractivity contribution in [3.8, 4) is 0 Å². The topological polar surface area (TPSA) is 221 Å². The number of hydrogen-bond donors (Lipinski definition) is 4. The Balaban J connectivity index is 1.49. The Morgan fingerprint density at radius 2 is 1.56 bits per heavy atom. The summed E-state index contributed by atoms with van der Waals surface area (Å²) in [5.74, 6) is -6.47. The molecule has 6 rings (SSSR count). The number of amides is 1. The molecule has 0 spiro atoms. The lowest BCUT2D eigenvalue weighted by molar-refractivity contribution is -0.346. The lowest BCUT2D eigenvalue weighted by Gasteiger charge is -2.67. The molecule has 2 aromatic carbocycles. The highest BCUT2D eigenvalue weighted by atomic mass is 16.6. The van der Waals surface area contributed by atoms with E-state index in [2.05, 4.69) is 5.32 Å². The summed E-state index contributed by atoms with van der Waals surface area (Å²) in [6.45, 7) is 9.73. The summed E-state index contributed by atoms with van der Waals surface area (Å²) < 4.78 is 29.4. The molecule has 3 aliphatic carbocycles. The third-order valence-corrected chi connectivity index (χ3v) is 13.0. The number of carbonyl (C=O) groups is 6. The second-order valence-electron chi connectivity index (χ2n) is 16.8. The van der Waals surface area contributed by atoms with Gasteiger partial charge >= 0.3 is 23.9 Å². The van der Waals surface area contributed by atoms with Crippen molar-refractivity contribution in [3.05, 3.63) is 82.9 Å². The summed E-state index contributed by atoms with van der Waals surface area (Å²) in [4.78, 5) is 82.1. The standard InChI is InChI=1S/C44H53NO14/c1-8-15-31(49)58-35(33(26-16-11-9-12-17-26)45-39(52)27-18-13-10-14-19-27)40(53)57-28-21-44(54)38(51)36-42(7,29(48)20-30-43(36,22-55-30)59-25(4)47)37(50)34(56-24(3)46)32(23(28)2)41(44,5)6/h9-14,16-19,28-30,33-36,38,48,51,54H,8,15,20-22H2,1-7H3,(H,45,52)/t28-,29-,30+,33-,34+,35+,36-,38-,42+,43?,44+/m0/s1. The fraction of sp³-hybridized carbons (Fsp3) is 0.545. The van der Waals surface area contributed by atoms with Crippen molar-refractivity contribution in [1.29, 1.82) is 0 Å². The number of ether oxygens (including phenoxy) is 5. The van der Waals surface area contributed by atoms with E-state index in [1.165, 1.54) is 13.8 Å². The molecule has 2 bridgehead atoms. The molecule has 1 saturated heterocycles. The van der Waals surface area contributed by atoms with E-state index < -0.39 is 113 Å². The highest BCUT2D eigenvalue weighted by Gasteiger charge is 2.77. The predicted octanol–water partition coefficient (Wildman–Crippen LogP) is 3.22. The van der Waals surface area contributed by atoms with Crippen molar-refractivity contribution in [2.24, 2.45) is 16.7 Å². The van der Waals surface area contributed by atoms with E-state index in [0.29, 0.717) is 12.0 Å². The molecule has 1 amide bonds. The Morgan fingerprint density at radius 1 is 0.932 bits per heavy atom. The number of benzene rings is 2. The van der Waals surface area contributed by atoms with Crippen LogP contribution in [0.5, 0.6) is 0 Å². The van der Waals surface area contributed by atoms with Gasteiger partial charge in [0.15, 0.2) is 17.5 Å². The molecule has 1 aliphatic heterocycles. The zero-order chi connectivity index (χ0) is 43.2. The number of aliphatic hydroxyl groups is 3. The molecule has 4 N–H and O–H groups in total. The van der Waals surface area contributed by atoms with Crippen LogP contribution < -0.4 is 5.32 Å². The molecule has 1 unspecified atom stereocenters. The third kappa shape index (κ3) is 7.36. The van der Waals surface area contributed by atoms with Gasteiger partial charge in [-0.3, -0.25) is 24.0 Å². The lowest BCUT2D eigenvalue weighted by Crippen LogP contribution is -2.81. The minimum atomic E-state index is -2.35. The summed E-state index contributed by atoms with van der Waals surface area (Å²) in [7, 11) is 0. The summed E-state index contributed by atoms with van der Waals surface area (Å²) in [6.07, 6.45) is -9.85. The Labute approximate surface area is 342 Å². The van der Waals surface area contributed by atoms with Gasteiger partial charge in [0.05, 0.1) is 24.2 Å². The normalized spacial score (nSPS) is 32.9. The van der Waals surface area contributed by atoms with Crippen molar-refractivity contribution < 1.29 is 67.8 Å². The number of aliphatic hydroxyl groups excluding tert-OH is 2. The molecule has 318 valence electrons. The molecular weight excluding hydrogens is 766 g/mol. The van der Waals surface area contributed by atoms with Gasteiger partial charge in [-0.05, 0) is 49.1 Å². The number of fused-ring (bicyclic) bond motifs is 5. The van der Waals surface area contributed by atoms with E-state index >= 15 is 4.79 Å². The highest BCUT2D eigenvalue weighted by Crippen LogP contribution is 2.63. The summed E-state index contributed by atoms with van der Waals surface area (Å²) in [5, 5.41) is 40.4. The molecule has 15 heteroatoms. The van der Waals surface area contributed by atoms with Gasteiger partial charge in [-0.1, -0.05) is 69.3 Å². The van der Waals surface area contributed by atoms with E-state index in [1.807, 2.05) is 0 Å². The van der Waals surface area contributed by atoms with Gasteiger partial charge in [-0.15, -0.1) is 0 Å². The molecule has 3 fully saturated rings. The molecule has 59 heavy (non-hydrogen) atoms.